The molecule has 1 aromatic rings. The minimum Gasteiger partial charge on any atom is -0.370 e. The molecule has 2 aliphatic heterocycles. The number of hydrogen-bond donors (Lipinski definition) is 0. The number of nitrogens with zero attached hydrogens (tertiary/aromatic N) is 4. The van der Waals surface area contributed by atoms with E-state index in [0.29, 0.717) is 18.0 Å². The van der Waals surface area contributed by atoms with Crippen LogP contribution in [0.5, 0.6) is 0 Å². The van der Waals surface area contributed by atoms with E-state index in [-0.39, 0.29) is 31.8 Å². The zero-order chi connectivity index (χ0) is 17.9. The van der Waals surface area contributed by atoms with Gasteiger partial charge in [0.1, 0.15) is 11.8 Å². The van der Waals surface area contributed by atoms with Crippen LogP contribution in [-0.2, 0) is 4.79 Å². The van der Waals surface area contributed by atoms with E-state index in [1.54, 1.807) is 17.2 Å². The lowest BCUT2D eigenvalue weighted by Gasteiger charge is -2.35. The number of anilines is 1. The van der Waals surface area contributed by atoms with Crippen molar-refractivity contribution in [2.45, 2.75) is 38.0 Å². The molecule has 0 aromatic carbocycles. The number of alkyl halides is 2. The van der Waals surface area contributed by atoms with Crippen LogP contribution in [0.2, 0.25) is 0 Å². The van der Waals surface area contributed by atoms with Gasteiger partial charge in [0.25, 0.3) is 5.92 Å². The topological polar surface area (TPSA) is 60.2 Å². The molecule has 25 heavy (non-hydrogen) atoms. The van der Waals surface area contributed by atoms with E-state index < -0.39 is 5.92 Å². The zero-order valence-corrected chi connectivity index (χ0v) is 14.1. The van der Waals surface area contributed by atoms with Crippen LogP contribution in [0.25, 0.3) is 0 Å². The Morgan fingerprint density at radius 2 is 1.92 bits per heavy atom. The second-order valence-corrected chi connectivity index (χ2v) is 6.88. The van der Waals surface area contributed by atoms with Crippen molar-refractivity contribution in [2.24, 2.45) is 5.92 Å². The summed E-state index contributed by atoms with van der Waals surface area (Å²) in [5, 5.41) is 8.79. The number of halogens is 2. The van der Waals surface area contributed by atoms with Crippen LogP contribution >= 0.6 is 0 Å². The van der Waals surface area contributed by atoms with Crippen LogP contribution in [0.1, 0.15) is 37.8 Å². The van der Waals surface area contributed by atoms with Gasteiger partial charge in [0.15, 0.2) is 0 Å². The van der Waals surface area contributed by atoms with Gasteiger partial charge in [-0.1, -0.05) is 0 Å². The highest BCUT2D eigenvalue weighted by Gasteiger charge is 2.36. The maximum absolute atomic E-state index is 13.2. The fourth-order valence-electron chi connectivity index (χ4n) is 3.49. The molecule has 0 saturated carbocycles. The molecule has 0 aliphatic carbocycles. The number of likely N-dealkylation sites (tertiary alicyclic amines) is 1. The summed E-state index contributed by atoms with van der Waals surface area (Å²) >= 11 is 0. The highest BCUT2D eigenvalue weighted by Crippen LogP contribution is 2.30. The van der Waals surface area contributed by atoms with Gasteiger partial charge in [-0.05, 0) is 30.9 Å². The molecular formula is C18H22F2N4O. The second-order valence-electron chi connectivity index (χ2n) is 6.88. The van der Waals surface area contributed by atoms with E-state index in [0.717, 1.165) is 31.6 Å². The molecule has 2 saturated heterocycles. The molecule has 3 rings (SSSR count). The summed E-state index contributed by atoms with van der Waals surface area (Å²) < 4.78 is 26.4. The minimum absolute atomic E-state index is 0.00832. The van der Waals surface area contributed by atoms with Gasteiger partial charge in [0, 0.05) is 45.4 Å². The fourth-order valence-corrected chi connectivity index (χ4v) is 3.49. The molecule has 7 heteroatoms. The first-order chi connectivity index (χ1) is 12.0. The molecular weight excluding hydrogens is 326 g/mol. The molecule has 0 radical (unpaired) electrons. The van der Waals surface area contributed by atoms with E-state index in [1.807, 2.05) is 12.1 Å². The summed E-state index contributed by atoms with van der Waals surface area (Å²) in [6, 6.07) is 5.60. The smallest absolute Gasteiger partial charge is 0.251 e. The van der Waals surface area contributed by atoms with E-state index >= 15 is 0 Å². The maximum atomic E-state index is 13.2. The van der Waals surface area contributed by atoms with Gasteiger partial charge >= 0.3 is 0 Å². The number of aromatic nitrogens is 1. The maximum Gasteiger partial charge on any atom is 0.251 e. The largest absolute Gasteiger partial charge is 0.370 e. The van der Waals surface area contributed by atoms with Gasteiger partial charge in [-0.25, -0.2) is 13.8 Å². The van der Waals surface area contributed by atoms with Gasteiger partial charge in [-0.15, -0.1) is 0 Å². The lowest BCUT2D eigenvalue weighted by molar-refractivity contribution is -0.138. The normalized spacial score (nSPS) is 21.0. The summed E-state index contributed by atoms with van der Waals surface area (Å²) in [5.74, 6) is -2.30. The Hall–Kier alpha value is -2.23. The molecule has 2 aliphatic rings. The Bertz CT molecular complexity index is 638. The van der Waals surface area contributed by atoms with Crippen LogP contribution in [0.4, 0.5) is 14.5 Å². The van der Waals surface area contributed by atoms with Crippen LogP contribution in [0.15, 0.2) is 18.3 Å². The average molecular weight is 348 g/mol. The summed E-state index contributed by atoms with van der Waals surface area (Å²) in [7, 11) is 0. The molecule has 1 aromatic heterocycles. The zero-order valence-electron chi connectivity index (χ0n) is 14.1. The first-order valence-corrected chi connectivity index (χ1v) is 8.73. The summed E-state index contributed by atoms with van der Waals surface area (Å²) in [4.78, 5) is 20.2. The third-order valence-corrected chi connectivity index (χ3v) is 5.15. The van der Waals surface area contributed by atoms with Crippen molar-refractivity contribution in [2.75, 3.05) is 31.1 Å². The molecule has 0 spiro atoms. The molecule has 0 N–H and O–H groups in total. The van der Waals surface area contributed by atoms with Crippen LogP contribution in [0.3, 0.4) is 0 Å². The standard InChI is InChI=1S/C18H22F2N4O/c19-18(20)5-9-24(10-6-18)17(25)11-14-3-7-23(8-4-14)16-2-1-15(12-21)22-13-16/h1-2,13-14H,3-11H2. The van der Waals surface area contributed by atoms with Crippen molar-refractivity contribution < 1.29 is 13.6 Å². The summed E-state index contributed by atoms with van der Waals surface area (Å²) in [6.45, 7) is 2.01. The lowest BCUT2D eigenvalue weighted by atomic mass is 9.92. The number of pyridine rings is 1. The quantitative estimate of drug-likeness (QED) is 0.843. The summed E-state index contributed by atoms with van der Waals surface area (Å²) in [6.07, 6.45) is 3.51. The second kappa shape index (κ2) is 7.34. The predicted molar refractivity (Wildman–Crippen MR) is 89.3 cm³/mol. The van der Waals surface area contributed by atoms with Crippen molar-refractivity contribution in [3.8, 4) is 6.07 Å². The Morgan fingerprint density at radius 1 is 1.24 bits per heavy atom. The number of piperidine rings is 2. The number of carbonyl (C=O) groups is 1. The van der Waals surface area contributed by atoms with Gasteiger partial charge in [-0.3, -0.25) is 4.79 Å². The van der Waals surface area contributed by atoms with Crippen molar-refractivity contribution in [3.05, 3.63) is 24.0 Å². The van der Waals surface area contributed by atoms with Gasteiger partial charge in [0.2, 0.25) is 5.91 Å². The van der Waals surface area contributed by atoms with Gasteiger partial charge in [0.05, 0.1) is 11.9 Å². The number of hydrogen-bond acceptors (Lipinski definition) is 4. The highest BCUT2D eigenvalue weighted by molar-refractivity contribution is 5.76. The van der Waals surface area contributed by atoms with Gasteiger partial charge < -0.3 is 9.80 Å². The summed E-state index contributed by atoms with van der Waals surface area (Å²) in [5.41, 5.74) is 1.39. The molecule has 0 unspecified atom stereocenters. The van der Waals surface area contributed by atoms with E-state index in [2.05, 4.69) is 9.88 Å². The highest BCUT2D eigenvalue weighted by atomic mass is 19.3. The molecule has 5 nitrogen and oxygen atoms in total. The van der Waals surface area contributed by atoms with Crippen molar-refractivity contribution in [1.29, 1.82) is 5.26 Å². The Balaban J connectivity index is 1.46. The van der Waals surface area contributed by atoms with Crippen molar-refractivity contribution in [3.63, 3.8) is 0 Å². The third kappa shape index (κ3) is 4.44. The first kappa shape index (κ1) is 17.6. The average Bonchev–Trinajstić information content (AvgIpc) is 2.62. The van der Waals surface area contributed by atoms with E-state index in [1.165, 1.54) is 0 Å². The number of amides is 1. The Kier molecular flexibility index (Phi) is 5.16. The number of nitriles is 1. The Morgan fingerprint density at radius 3 is 2.48 bits per heavy atom. The molecule has 2 fully saturated rings. The first-order valence-electron chi connectivity index (χ1n) is 8.73. The lowest BCUT2D eigenvalue weighted by Crippen LogP contribution is -2.44. The molecule has 0 bridgehead atoms. The Labute approximate surface area is 146 Å². The van der Waals surface area contributed by atoms with Crippen molar-refractivity contribution >= 4 is 11.6 Å². The van der Waals surface area contributed by atoms with Crippen LogP contribution < -0.4 is 4.90 Å². The molecule has 134 valence electrons. The number of rotatable bonds is 3. The van der Waals surface area contributed by atoms with E-state index in [4.69, 9.17) is 5.26 Å². The monoisotopic (exact) mass is 348 g/mol. The van der Waals surface area contributed by atoms with E-state index in [9.17, 15) is 13.6 Å². The fraction of sp³-hybridized carbons (Fsp3) is 0.611. The molecule has 3 heterocycles. The van der Waals surface area contributed by atoms with Gasteiger partial charge in [-0.2, -0.15) is 5.26 Å². The van der Waals surface area contributed by atoms with Crippen molar-refractivity contribution in [1.82, 2.24) is 9.88 Å². The molecule has 0 atom stereocenters. The SMILES string of the molecule is N#Cc1ccc(N2CCC(CC(=O)N3CCC(F)(F)CC3)CC2)cn1. The molecule has 1 amide bonds. The third-order valence-electron chi connectivity index (χ3n) is 5.15. The van der Waals surface area contributed by atoms with Crippen LogP contribution in [0, 0.1) is 17.2 Å². The minimum atomic E-state index is -2.61. The number of carbonyl (C=O) groups excluding carboxylic acids is 1. The predicted octanol–water partition coefficient (Wildman–Crippen LogP) is 2.82. The van der Waals surface area contributed by atoms with Crippen LogP contribution in [-0.4, -0.2) is 47.9 Å².